The van der Waals surface area contributed by atoms with E-state index in [9.17, 15) is 4.39 Å². The molecule has 3 heteroatoms. The van der Waals surface area contributed by atoms with Crippen LogP contribution in [-0.4, -0.2) is 43.8 Å². The highest BCUT2D eigenvalue weighted by Gasteiger charge is 2.20. The molecule has 2 aromatic rings. The van der Waals surface area contributed by atoms with Crippen LogP contribution in [0.5, 0.6) is 0 Å². The Hall–Kier alpha value is -1.87. The molecule has 1 saturated heterocycles. The largest absolute Gasteiger partial charge is 0.369 e. The van der Waals surface area contributed by atoms with E-state index in [1.807, 2.05) is 36.4 Å². The summed E-state index contributed by atoms with van der Waals surface area (Å²) in [5, 5.41) is 0. The van der Waals surface area contributed by atoms with E-state index in [4.69, 9.17) is 0 Å². The second-order valence-corrected chi connectivity index (χ2v) is 5.91. The van der Waals surface area contributed by atoms with Crippen LogP contribution in [0.2, 0.25) is 0 Å². The number of anilines is 1. The van der Waals surface area contributed by atoms with Gasteiger partial charge in [-0.25, -0.2) is 4.39 Å². The number of para-hydroxylation sites is 1. The molecule has 0 aliphatic carbocycles. The van der Waals surface area contributed by atoms with E-state index in [-0.39, 0.29) is 0 Å². The highest BCUT2D eigenvalue weighted by atomic mass is 19.1. The summed E-state index contributed by atoms with van der Waals surface area (Å²) in [6.45, 7) is 4.36. The van der Waals surface area contributed by atoms with Crippen LogP contribution in [0.25, 0.3) is 0 Å². The first-order chi connectivity index (χ1) is 10.8. The van der Waals surface area contributed by atoms with Crippen molar-refractivity contribution in [3.8, 4) is 0 Å². The minimum atomic E-state index is -0.786. The van der Waals surface area contributed by atoms with Crippen LogP contribution in [0.3, 0.4) is 0 Å². The number of halogens is 1. The van der Waals surface area contributed by atoms with Crippen LogP contribution in [-0.2, 0) is 6.42 Å². The molecule has 1 aliphatic heterocycles. The Morgan fingerprint density at radius 3 is 2.05 bits per heavy atom. The van der Waals surface area contributed by atoms with Crippen LogP contribution in [0.1, 0.15) is 5.56 Å². The van der Waals surface area contributed by atoms with E-state index in [1.165, 1.54) is 5.69 Å². The monoisotopic (exact) mass is 298 g/mol. The fraction of sp³-hybridized carbons (Fsp3) is 0.368. The molecule has 0 saturated carbocycles. The minimum Gasteiger partial charge on any atom is -0.369 e. The van der Waals surface area contributed by atoms with Crippen molar-refractivity contribution in [2.45, 2.75) is 12.6 Å². The van der Waals surface area contributed by atoms with Gasteiger partial charge < -0.3 is 4.90 Å². The number of hydrogen-bond donors (Lipinski definition) is 0. The standard InChI is InChI=1S/C19H23FN2/c20-18(15-17-7-3-1-4-8-17)16-21-11-13-22(14-12-21)19-9-5-2-6-10-19/h1-10,18H,11-16H2. The van der Waals surface area contributed by atoms with Gasteiger partial charge in [0.2, 0.25) is 0 Å². The third kappa shape index (κ3) is 4.08. The molecule has 2 nitrogen and oxygen atoms in total. The van der Waals surface area contributed by atoms with Gasteiger partial charge in [-0.05, 0) is 17.7 Å². The normalized spacial score (nSPS) is 17.4. The summed E-state index contributed by atoms with van der Waals surface area (Å²) >= 11 is 0. The number of benzene rings is 2. The lowest BCUT2D eigenvalue weighted by Gasteiger charge is -2.36. The zero-order valence-electron chi connectivity index (χ0n) is 12.9. The Kier molecular flexibility index (Phi) is 5.07. The molecule has 0 bridgehead atoms. The van der Waals surface area contributed by atoms with Crippen molar-refractivity contribution in [3.05, 3.63) is 66.2 Å². The number of hydrogen-bond acceptors (Lipinski definition) is 2. The summed E-state index contributed by atoms with van der Waals surface area (Å²) in [5.74, 6) is 0. The smallest absolute Gasteiger partial charge is 0.117 e. The molecular weight excluding hydrogens is 275 g/mol. The Morgan fingerprint density at radius 1 is 0.818 bits per heavy atom. The third-order valence-electron chi connectivity index (χ3n) is 4.25. The predicted octanol–water partition coefficient (Wildman–Crippen LogP) is 3.39. The summed E-state index contributed by atoms with van der Waals surface area (Å²) in [4.78, 5) is 4.62. The quantitative estimate of drug-likeness (QED) is 0.835. The van der Waals surface area contributed by atoms with Crippen molar-refractivity contribution in [1.29, 1.82) is 0 Å². The summed E-state index contributed by atoms with van der Waals surface area (Å²) in [6.07, 6.45) is -0.273. The maximum atomic E-state index is 14.2. The van der Waals surface area contributed by atoms with Gasteiger partial charge in [0.1, 0.15) is 6.17 Å². The molecule has 1 heterocycles. The fourth-order valence-corrected chi connectivity index (χ4v) is 3.04. The molecule has 0 amide bonds. The Bertz CT molecular complexity index is 550. The molecule has 3 rings (SSSR count). The first-order valence-corrected chi connectivity index (χ1v) is 8.01. The van der Waals surface area contributed by atoms with E-state index in [0.29, 0.717) is 13.0 Å². The van der Waals surface area contributed by atoms with Crippen molar-refractivity contribution in [3.63, 3.8) is 0 Å². The van der Waals surface area contributed by atoms with E-state index < -0.39 is 6.17 Å². The zero-order chi connectivity index (χ0) is 15.2. The van der Waals surface area contributed by atoms with E-state index in [1.54, 1.807) is 0 Å². The molecule has 22 heavy (non-hydrogen) atoms. The summed E-state index contributed by atoms with van der Waals surface area (Å²) < 4.78 is 14.2. The van der Waals surface area contributed by atoms with Crippen molar-refractivity contribution in [1.82, 2.24) is 4.90 Å². The summed E-state index contributed by atoms with van der Waals surface area (Å²) in [7, 11) is 0. The molecular formula is C19H23FN2. The predicted molar refractivity (Wildman–Crippen MR) is 90.1 cm³/mol. The number of rotatable bonds is 5. The summed E-state index contributed by atoms with van der Waals surface area (Å²) in [6, 6.07) is 20.4. The second-order valence-electron chi connectivity index (χ2n) is 5.91. The maximum Gasteiger partial charge on any atom is 0.117 e. The summed E-state index contributed by atoms with van der Waals surface area (Å²) in [5.41, 5.74) is 2.35. The molecule has 2 aromatic carbocycles. The van der Waals surface area contributed by atoms with Crippen LogP contribution in [0.4, 0.5) is 10.1 Å². The van der Waals surface area contributed by atoms with Crippen molar-refractivity contribution in [2.24, 2.45) is 0 Å². The minimum absolute atomic E-state index is 0.514. The first kappa shape index (κ1) is 15.0. The lowest BCUT2D eigenvalue weighted by Crippen LogP contribution is -2.48. The highest BCUT2D eigenvalue weighted by Crippen LogP contribution is 2.16. The van der Waals surface area contributed by atoms with Gasteiger partial charge >= 0.3 is 0 Å². The van der Waals surface area contributed by atoms with Crippen LogP contribution >= 0.6 is 0 Å². The molecule has 1 atom stereocenters. The fourth-order valence-electron chi connectivity index (χ4n) is 3.04. The van der Waals surface area contributed by atoms with Gasteiger partial charge in [0.15, 0.2) is 0 Å². The second kappa shape index (κ2) is 7.41. The topological polar surface area (TPSA) is 6.48 Å². The molecule has 1 fully saturated rings. The Labute approximate surface area is 132 Å². The van der Waals surface area contributed by atoms with Crippen molar-refractivity contribution in [2.75, 3.05) is 37.6 Å². The van der Waals surface area contributed by atoms with Gasteiger partial charge in [0.25, 0.3) is 0 Å². The van der Waals surface area contributed by atoms with Crippen molar-refractivity contribution >= 4 is 5.69 Å². The average molecular weight is 298 g/mol. The van der Waals surface area contributed by atoms with Gasteiger partial charge in [-0.15, -0.1) is 0 Å². The Balaban J connectivity index is 1.46. The number of piperazine rings is 1. The van der Waals surface area contributed by atoms with Crippen LogP contribution in [0.15, 0.2) is 60.7 Å². The van der Waals surface area contributed by atoms with Gasteiger partial charge in [-0.3, -0.25) is 4.90 Å². The molecule has 116 valence electrons. The maximum absolute atomic E-state index is 14.2. The van der Waals surface area contributed by atoms with Gasteiger partial charge in [-0.2, -0.15) is 0 Å². The molecule has 0 aromatic heterocycles. The number of nitrogens with zero attached hydrogens (tertiary/aromatic N) is 2. The lowest BCUT2D eigenvalue weighted by molar-refractivity contribution is 0.182. The van der Waals surface area contributed by atoms with Gasteiger partial charge in [-0.1, -0.05) is 48.5 Å². The van der Waals surface area contributed by atoms with Gasteiger partial charge in [0, 0.05) is 44.8 Å². The van der Waals surface area contributed by atoms with E-state index in [2.05, 4.69) is 34.1 Å². The lowest BCUT2D eigenvalue weighted by atomic mass is 10.1. The highest BCUT2D eigenvalue weighted by molar-refractivity contribution is 5.46. The SMILES string of the molecule is FC(Cc1ccccc1)CN1CCN(c2ccccc2)CC1. The molecule has 1 aliphatic rings. The molecule has 1 unspecified atom stereocenters. The van der Waals surface area contributed by atoms with E-state index in [0.717, 1.165) is 31.7 Å². The Morgan fingerprint density at radius 2 is 1.41 bits per heavy atom. The first-order valence-electron chi connectivity index (χ1n) is 8.01. The molecule has 0 radical (unpaired) electrons. The van der Waals surface area contributed by atoms with Crippen LogP contribution in [0, 0.1) is 0 Å². The van der Waals surface area contributed by atoms with Crippen molar-refractivity contribution < 1.29 is 4.39 Å². The molecule has 0 N–H and O–H groups in total. The van der Waals surface area contributed by atoms with Crippen LogP contribution < -0.4 is 4.90 Å². The van der Waals surface area contributed by atoms with E-state index >= 15 is 0 Å². The number of alkyl halides is 1. The average Bonchev–Trinajstić information content (AvgIpc) is 2.57. The van der Waals surface area contributed by atoms with Gasteiger partial charge in [0.05, 0.1) is 0 Å². The zero-order valence-corrected chi connectivity index (χ0v) is 12.9. The third-order valence-corrected chi connectivity index (χ3v) is 4.25. The molecule has 0 spiro atoms.